The predicted octanol–water partition coefficient (Wildman–Crippen LogP) is 4.41. The molecule has 0 saturated heterocycles. The molecule has 0 spiro atoms. The first-order chi connectivity index (χ1) is 8.70. The molecule has 0 aliphatic carbocycles. The van der Waals surface area contributed by atoms with Crippen molar-refractivity contribution in [2.45, 2.75) is 19.8 Å². The molecule has 0 amide bonds. The Kier molecular flexibility index (Phi) is 3.78. The van der Waals surface area contributed by atoms with Crippen molar-refractivity contribution >= 4 is 6.29 Å². The molecular formula is C16H16O2. The van der Waals surface area contributed by atoms with Gasteiger partial charge >= 0.3 is 0 Å². The zero-order valence-corrected chi connectivity index (χ0v) is 10.6. The van der Waals surface area contributed by atoms with Gasteiger partial charge in [-0.2, -0.15) is 0 Å². The molecule has 2 heteroatoms. The molecule has 2 rings (SSSR count). The van der Waals surface area contributed by atoms with Crippen molar-refractivity contribution in [2.24, 2.45) is 0 Å². The second-order valence-corrected chi connectivity index (χ2v) is 4.48. The number of rotatable bonds is 4. The van der Waals surface area contributed by atoms with E-state index in [4.69, 9.17) is 4.74 Å². The summed E-state index contributed by atoms with van der Waals surface area (Å²) in [7, 11) is 0. The third-order valence-electron chi connectivity index (χ3n) is 2.79. The fraction of sp³-hybridized carbons (Fsp3) is 0.188. The van der Waals surface area contributed by atoms with Crippen LogP contribution in [0.25, 0.3) is 0 Å². The third-order valence-corrected chi connectivity index (χ3v) is 2.79. The van der Waals surface area contributed by atoms with E-state index in [1.807, 2.05) is 18.2 Å². The van der Waals surface area contributed by atoms with Gasteiger partial charge < -0.3 is 4.74 Å². The molecule has 2 aromatic rings. The van der Waals surface area contributed by atoms with Gasteiger partial charge in [-0.3, -0.25) is 4.79 Å². The van der Waals surface area contributed by atoms with Crippen LogP contribution in [0.4, 0.5) is 0 Å². The van der Waals surface area contributed by atoms with Crippen LogP contribution >= 0.6 is 0 Å². The van der Waals surface area contributed by atoms with E-state index in [0.717, 1.165) is 17.8 Å². The Balaban J connectivity index is 2.25. The van der Waals surface area contributed by atoms with Gasteiger partial charge in [-0.15, -0.1) is 0 Å². The molecule has 0 atom stereocenters. The van der Waals surface area contributed by atoms with Gasteiger partial charge in [0.15, 0.2) is 0 Å². The summed E-state index contributed by atoms with van der Waals surface area (Å²) in [4.78, 5) is 10.6. The Morgan fingerprint density at radius 3 is 2.28 bits per heavy atom. The lowest BCUT2D eigenvalue weighted by Crippen LogP contribution is -1.93. The average Bonchev–Trinajstić information content (AvgIpc) is 2.40. The number of ether oxygens (including phenoxy) is 1. The molecule has 0 bridgehead atoms. The van der Waals surface area contributed by atoms with Gasteiger partial charge in [0.2, 0.25) is 0 Å². The molecule has 0 radical (unpaired) electrons. The van der Waals surface area contributed by atoms with Crippen LogP contribution in [-0.4, -0.2) is 6.29 Å². The first-order valence-electron chi connectivity index (χ1n) is 6.02. The number of carbonyl (C=O) groups excluding carboxylic acids is 1. The van der Waals surface area contributed by atoms with Crippen molar-refractivity contribution in [2.75, 3.05) is 0 Å². The lowest BCUT2D eigenvalue weighted by Gasteiger charge is -2.13. The van der Waals surface area contributed by atoms with E-state index in [0.29, 0.717) is 11.5 Å². The minimum absolute atomic E-state index is 0.412. The zero-order valence-electron chi connectivity index (χ0n) is 10.6. The lowest BCUT2D eigenvalue weighted by atomic mass is 10.0. The Labute approximate surface area is 107 Å². The number of hydrogen-bond donors (Lipinski definition) is 0. The zero-order chi connectivity index (χ0) is 13.0. The van der Waals surface area contributed by atoms with Crippen molar-refractivity contribution in [3.8, 4) is 11.5 Å². The highest BCUT2D eigenvalue weighted by Gasteiger charge is 2.07. The smallest absolute Gasteiger partial charge is 0.150 e. The maximum atomic E-state index is 10.6. The average molecular weight is 240 g/mol. The summed E-state index contributed by atoms with van der Waals surface area (Å²) in [6.45, 7) is 4.27. The second kappa shape index (κ2) is 5.50. The molecule has 0 N–H and O–H groups in total. The lowest BCUT2D eigenvalue weighted by molar-refractivity contribution is 0.112. The molecule has 0 unspecified atom stereocenters. The maximum absolute atomic E-state index is 10.6. The van der Waals surface area contributed by atoms with Gasteiger partial charge in [-0.25, -0.2) is 0 Å². The van der Waals surface area contributed by atoms with Crippen molar-refractivity contribution in [1.82, 2.24) is 0 Å². The third kappa shape index (κ3) is 2.77. The van der Waals surface area contributed by atoms with E-state index >= 15 is 0 Å². The van der Waals surface area contributed by atoms with Gasteiger partial charge in [-0.05, 0) is 41.8 Å². The fourth-order valence-electron chi connectivity index (χ4n) is 1.79. The number of hydrogen-bond acceptors (Lipinski definition) is 2. The Morgan fingerprint density at radius 2 is 1.67 bits per heavy atom. The van der Waals surface area contributed by atoms with Gasteiger partial charge in [-0.1, -0.05) is 32.0 Å². The summed E-state index contributed by atoms with van der Waals surface area (Å²) in [5, 5.41) is 0. The Morgan fingerprint density at radius 1 is 1.00 bits per heavy atom. The van der Waals surface area contributed by atoms with E-state index in [2.05, 4.69) is 19.9 Å². The molecule has 2 aromatic carbocycles. The van der Waals surface area contributed by atoms with Crippen molar-refractivity contribution in [1.29, 1.82) is 0 Å². The molecule has 0 fully saturated rings. The monoisotopic (exact) mass is 240 g/mol. The summed E-state index contributed by atoms with van der Waals surface area (Å²) in [6, 6.07) is 15.1. The molecule has 0 aromatic heterocycles. The molecule has 92 valence electrons. The highest BCUT2D eigenvalue weighted by atomic mass is 16.5. The number of benzene rings is 2. The van der Waals surface area contributed by atoms with Crippen LogP contribution in [0.1, 0.15) is 35.7 Å². The Hall–Kier alpha value is -2.09. The van der Waals surface area contributed by atoms with E-state index in [9.17, 15) is 4.79 Å². The topological polar surface area (TPSA) is 26.3 Å². The molecule has 18 heavy (non-hydrogen) atoms. The van der Waals surface area contributed by atoms with Crippen LogP contribution in [0.5, 0.6) is 11.5 Å². The van der Waals surface area contributed by atoms with Crippen LogP contribution in [-0.2, 0) is 0 Å². The number of aldehydes is 1. The minimum Gasteiger partial charge on any atom is -0.457 e. The van der Waals surface area contributed by atoms with E-state index in [1.165, 1.54) is 5.56 Å². The molecule has 0 saturated carbocycles. The second-order valence-electron chi connectivity index (χ2n) is 4.48. The first-order valence-corrected chi connectivity index (χ1v) is 6.02. The summed E-state index contributed by atoms with van der Waals surface area (Å²) < 4.78 is 5.85. The quantitative estimate of drug-likeness (QED) is 0.740. The first kappa shape index (κ1) is 12.4. The standard InChI is InChI=1S/C16H16O2/c1-12(2)15-5-3-4-6-16(15)18-14-9-7-13(11-17)8-10-14/h3-12H,1-2H3. The normalized spacial score (nSPS) is 10.4. The molecular weight excluding hydrogens is 224 g/mol. The van der Waals surface area contributed by atoms with E-state index < -0.39 is 0 Å². The highest BCUT2D eigenvalue weighted by molar-refractivity contribution is 5.74. The molecule has 2 nitrogen and oxygen atoms in total. The van der Waals surface area contributed by atoms with Crippen LogP contribution in [0.3, 0.4) is 0 Å². The summed E-state index contributed by atoms with van der Waals surface area (Å²) >= 11 is 0. The summed E-state index contributed by atoms with van der Waals surface area (Å²) in [5.74, 6) is 2.02. The van der Waals surface area contributed by atoms with Crippen molar-refractivity contribution in [3.63, 3.8) is 0 Å². The number of carbonyl (C=O) groups is 1. The van der Waals surface area contributed by atoms with Crippen molar-refractivity contribution < 1.29 is 9.53 Å². The summed E-state index contributed by atoms with van der Waals surface area (Å²) in [5.41, 5.74) is 1.83. The largest absolute Gasteiger partial charge is 0.457 e. The molecule has 0 aliphatic heterocycles. The SMILES string of the molecule is CC(C)c1ccccc1Oc1ccc(C=O)cc1. The number of para-hydroxylation sites is 1. The minimum atomic E-state index is 0.412. The predicted molar refractivity (Wildman–Crippen MR) is 72.4 cm³/mol. The van der Waals surface area contributed by atoms with E-state index in [1.54, 1.807) is 24.3 Å². The van der Waals surface area contributed by atoms with Gasteiger partial charge in [0.05, 0.1) is 0 Å². The van der Waals surface area contributed by atoms with Crippen LogP contribution in [0.2, 0.25) is 0 Å². The fourth-order valence-corrected chi connectivity index (χ4v) is 1.79. The van der Waals surface area contributed by atoms with Crippen LogP contribution < -0.4 is 4.74 Å². The van der Waals surface area contributed by atoms with Crippen LogP contribution in [0.15, 0.2) is 48.5 Å². The molecule has 0 aliphatic rings. The highest BCUT2D eigenvalue weighted by Crippen LogP contribution is 2.30. The van der Waals surface area contributed by atoms with E-state index in [-0.39, 0.29) is 0 Å². The van der Waals surface area contributed by atoms with Gasteiger partial charge in [0.25, 0.3) is 0 Å². The van der Waals surface area contributed by atoms with Gasteiger partial charge in [0.1, 0.15) is 17.8 Å². The summed E-state index contributed by atoms with van der Waals surface area (Å²) in [6.07, 6.45) is 0.825. The maximum Gasteiger partial charge on any atom is 0.150 e. The molecule has 0 heterocycles. The Bertz CT molecular complexity index is 527. The van der Waals surface area contributed by atoms with Crippen LogP contribution in [0, 0.1) is 0 Å². The van der Waals surface area contributed by atoms with Gasteiger partial charge in [0, 0.05) is 5.56 Å². The van der Waals surface area contributed by atoms with Crippen molar-refractivity contribution in [3.05, 3.63) is 59.7 Å².